The normalized spacial score (nSPS) is 14.5. The zero-order valence-electron chi connectivity index (χ0n) is 5.64. The van der Waals surface area contributed by atoms with Crippen LogP contribution in [0.25, 0.3) is 0 Å². The zero-order valence-corrected chi connectivity index (χ0v) is 5.64. The predicted octanol–water partition coefficient (Wildman–Crippen LogP) is -2.50. The lowest BCUT2D eigenvalue weighted by Gasteiger charge is -2.18. The molecule has 6 nitrogen and oxygen atoms in total. The van der Waals surface area contributed by atoms with Gasteiger partial charge in [0.15, 0.2) is 0 Å². The van der Waals surface area contributed by atoms with Gasteiger partial charge in [0.1, 0.15) is 0 Å². The highest BCUT2D eigenvalue weighted by Crippen LogP contribution is 2.08. The van der Waals surface area contributed by atoms with Gasteiger partial charge in [0, 0.05) is 6.42 Å². The second-order valence-corrected chi connectivity index (χ2v) is 2.16. The van der Waals surface area contributed by atoms with E-state index in [-0.39, 0.29) is 0 Å². The van der Waals surface area contributed by atoms with Crippen molar-refractivity contribution in [3.8, 4) is 0 Å². The quantitative estimate of drug-likeness (QED) is 0.294. The van der Waals surface area contributed by atoms with Gasteiger partial charge >= 0.3 is 5.97 Å². The molecule has 0 rings (SSSR count). The number of hydrogen-bond donors (Lipinski definition) is 5. The molecule has 0 fully saturated rings. The molecule has 0 aliphatic carbocycles. The van der Waals surface area contributed by atoms with Gasteiger partial charge < -0.3 is 25.5 Å². The van der Waals surface area contributed by atoms with Crippen molar-refractivity contribution in [2.75, 3.05) is 6.61 Å². The second-order valence-electron chi connectivity index (χ2n) is 2.16. The van der Waals surface area contributed by atoms with Crippen molar-refractivity contribution in [2.24, 2.45) is 0 Å². The molecular weight excluding hydrogens is 156 g/mol. The summed E-state index contributed by atoms with van der Waals surface area (Å²) in [5, 5.41) is 42.1. The molecule has 0 aliphatic heterocycles. The molecule has 0 amide bonds. The molecule has 0 saturated carbocycles. The number of rotatable bonds is 4. The van der Waals surface area contributed by atoms with Gasteiger partial charge in [0.2, 0.25) is 0 Å². The highest BCUT2D eigenvalue weighted by Gasteiger charge is 2.35. The van der Waals surface area contributed by atoms with Crippen LogP contribution in [0.15, 0.2) is 0 Å². The van der Waals surface area contributed by atoms with Crippen LogP contribution in [0.2, 0.25) is 0 Å². The van der Waals surface area contributed by atoms with Gasteiger partial charge in [-0.25, -0.2) is 4.79 Å². The fraction of sp³-hybridized carbons (Fsp3) is 0.800. The Morgan fingerprint density at radius 2 is 1.91 bits per heavy atom. The van der Waals surface area contributed by atoms with E-state index < -0.39 is 30.9 Å². The Kier molecular flexibility index (Phi) is 3.40. The van der Waals surface area contributed by atoms with Crippen LogP contribution in [-0.2, 0) is 4.79 Å². The Balaban J connectivity index is 4.01. The molecule has 5 N–H and O–H groups in total. The lowest BCUT2D eigenvalue weighted by atomic mass is 10.1. The average molecular weight is 166 g/mol. The smallest absolute Gasteiger partial charge is 0.364 e. The Hall–Kier alpha value is -0.690. The van der Waals surface area contributed by atoms with Crippen molar-refractivity contribution in [1.29, 1.82) is 0 Å². The molecule has 0 aromatic heterocycles. The van der Waals surface area contributed by atoms with Gasteiger partial charge in [-0.1, -0.05) is 0 Å². The van der Waals surface area contributed by atoms with Crippen LogP contribution in [0, 0.1) is 0 Å². The number of carboxylic acids is 1. The van der Waals surface area contributed by atoms with E-state index in [1.165, 1.54) is 0 Å². The largest absolute Gasteiger partial charge is 0.477 e. The molecule has 1 atom stereocenters. The Morgan fingerprint density at radius 1 is 1.45 bits per heavy atom. The number of carboxylic acid groups (broad SMARTS) is 1. The monoisotopic (exact) mass is 166 g/mol. The first-order chi connectivity index (χ1) is 4.90. The van der Waals surface area contributed by atoms with E-state index in [1.54, 1.807) is 0 Å². The zero-order chi connectivity index (χ0) is 9.07. The minimum absolute atomic E-state index is 0.712. The molecule has 0 aromatic carbocycles. The highest BCUT2D eigenvalue weighted by molar-refractivity contribution is 5.74. The Morgan fingerprint density at radius 3 is 2.18 bits per heavy atom. The van der Waals surface area contributed by atoms with E-state index in [1.807, 2.05) is 0 Å². The standard InChI is InChI=1S/C5H10O6/c6-2-3(7)1-5(10,11)4(8)9/h3,6-7,10-11H,1-2H2,(H,8,9). The Bertz CT molecular complexity index is 142. The van der Waals surface area contributed by atoms with Crippen LogP contribution in [0.3, 0.4) is 0 Å². The van der Waals surface area contributed by atoms with Crippen molar-refractivity contribution in [3.63, 3.8) is 0 Å². The van der Waals surface area contributed by atoms with Crippen LogP contribution < -0.4 is 0 Å². The van der Waals surface area contributed by atoms with E-state index in [0.29, 0.717) is 0 Å². The molecule has 0 aromatic rings. The van der Waals surface area contributed by atoms with Crippen molar-refractivity contribution < 1.29 is 30.3 Å². The minimum Gasteiger partial charge on any atom is -0.477 e. The molecule has 6 heteroatoms. The molecular formula is C5H10O6. The SMILES string of the molecule is O=C(O)C(O)(O)CC(O)CO. The summed E-state index contributed by atoms with van der Waals surface area (Å²) in [7, 11) is 0. The van der Waals surface area contributed by atoms with E-state index in [4.69, 9.17) is 25.5 Å². The fourth-order valence-corrected chi connectivity index (χ4v) is 0.480. The van der Waals surface area contributed by atoms with Gasteiger partial charge in [-0.05, 0) is 0 Å². The van der Waals surface area contributed by atoms with Crippen LogP contribution in [0.5, 0.6) is 0 Å². The van der Waals surface area contributed by atoms with E-state index in [0.717, 1.165) is 0 Å². The van der Waals surface area contributed by atoms with Crippen molar-refractivity contribution in [3.05, 3.63) is 0 Å². The summed E-state index contributed by atoms with van der Waals surface area (Å²) < 4.78 is 0. The summed E-state index contributed by atoms with van der Waals surface area (Å²) in [5.41, 5.74) is 0. The van der Waals surface area contributed by atoms with Crippen LogP contribution in [0.1, 0.15) is 6.42 Å². The van der Waals surface area contributed by atoms with E-state index in [9.17, 15) is 4.79 Å². The molecule has 0 radical (unpaired) electrons. The van der Waals surface area contributed by atoms with Crippen LogP contribution >= 0.6 is 0 Å². The first-order valence-electron chi connectivity index (χ1n) is 2.87. The number of aliphatic carboxylic acids is 1. The first kappa shape index (κ1) is 10.3. The van der Waals surface area contributed by atoms with E-state index in [2.05, 4.69) is 0 Å². The molecule has 0 saturated heterocycles. The predicted molar refractivity (Wildman–Crippen MR) is 32.5 cm³/mol. The Labute approximate surface area is 62.3 Å². The van der Waals surface area contributed by atoms with Crippen molar-refractivity contribution in [1.82, 2.24) is 0 Å². The van der Waals surface area contributed by atoms with Crippen molar-refractivity contribution in [2.45, 2.75) is 18.3 Å². The van der Waals surface area contributed by atoms with Crippen LogP contribution in [0.4, 0.5) is 0 Å². The number of carbonyl (C=O) groups is 1. The average Bonchev–Trinajstić information content (AvgIpc) is 1.86. The molecule has 0 bridgehead atoms. The lowest BCUT2D eigenvalue weighted by molar-refractivity contribution is -0.213. The maximum atomic E-state index is 9.98. The summed E-state index contributed by atoms with van der Waals surface area (Å²) >= 11 is 0. The summed E-state index contributed by atoms with van der Waals surface area (Å²) in [4.78, 5) is 9.98. The van der Waals surface area contributed by atoms with Gasteiger partial charge in [-0.2, -0.15) is 0 Å². The third-order valence-corrected chi connectivity index (χ3v) is 1.07. The molecule has 0 spiro atoms. The van der Waals surface area contributed by atoms with Gasteiger partial charge in [-0.3, -0.25) is 0 Å². The topological polar surface area (TPSA) is 118 Å². The minimum atomic E-state index is -2.97. The van der Waals surface area contributed by atoms with Gasteiger partial charge in [0.05, 0.1) is 12.7 Å². The first-order valence-corrected chi connectivity index (χ1v) is 2.87. The molecule has 0 aliphatic rings. The molecule has 11 heavy (non-hydrogen) atoms. The summed E-state index contributed by atoms with van der Waals surface area (Å²) in [5.74, 6) is -4.83. The highest BCUT2D eigenvalue weighted by atomic mass is 16.5. The van der Waals surface area contributed by atoms with Crippen LogP contribution in [-0.4, -0.2) is 50.0 Å². The summed E-state index contributed by atoms with van der Waals surface area (Å²) in [6.07, 6.45) is -2.26. The second kappa shape index (κ2) is 3.63. The third-order valence-electron chi connectivity index (χ3n) is 1.07. The van der Waals surface area contributed by atoms with E-state index >= 15 is 0 Å². The van der Waals surface area contributed by atoms with Crippen molar-refractivity contribution >= 4 is 5.97 Å². The summed E-state index contributed by atoms with van der Waals surface area (Å²) in [6, 6.07) is 0. The molecule has 66 valence electrons. The molecule has 0 heterocycles. The maximum absolute atomic E-state index is 9.98. The third kappa shape index (κ3) is 3.28. The van der Waals surface area contributed by atoms with Gasteiger partial charge in [-0.15, -0.1) is 0 Å². The maximum Gasteiger partial charge on any atom is 0.364 e. The number of aliphatic hydroxyl groups excluding tert-OH is 2. The van der Waals surface area contributed by atoms with Gasteiger partial charge in [0.25, 0.3) is 5.79 Å². The molecule has 1 unspecified atom stereocenters. The fourth-order valence-electron chi connectivity index (χ4n) is 0.480. The lowest BCUT2D eigenvalue weighted by Crippen LogP contribution is -2.42. The number of aliphatic hydroxyl groups is 4. The summed E-state index contributed by atoms with van der Waals surface area (Å²) in [6.45, 7) is -0.712. The number of hydrogen-bond acceptors (Lipinski definition) is 5.